The highest BCUT2D eigenvalue weighted by Gasteiger charge is 2.20. The Bertz CT molecular complexity index is 476. The molecule has 1 aliphatic heterocycles. The second-order valence-corrected chi connectivity index (χ2v) is 5.69. The van der Waals surface area contributed by atoms with Gasteiger partial charge in [-0.05, 0) is 35.7 Å². The molecule has 0 aliphatic carbocycles. The maximum atomic E-state index is 12.2. The van der Waals surface area contributed by atoms with Gasteiger partial charge in [-0.1, -0.05) is 0 Å². The minimum atomic E-state index is 0.153. The van der Waals surface area contributed by atoms with Crippen LogP contribution in [0.25, 0.3) is 0 Å². The summed E-state index contributed by atoms with van der Waals surface area (Å²) in [5, 5.41) is 3.07. The summed E-state index contributed by atoms with van der Waals surface area (Å²) in [6.07, 6.45) is 3.92. The average Bonchev–Trinajstić information content (AvgIpc) is 2.95. The van der Waals surface area contributed by atoms with E-state index in [9.17, 15) is 4.79 Å². The number of nitrogens with one attached hydrogen (secondary N) is 1. The summed E-state index contributed by atoms with van der Waals surface area (Å²) in [5.74, 6) is 1.45. The fourth-order valence-electron chi connectivity index (χ4n) is 2.21. The van der Waals surface area contributed by atoms with Gasteiger partial charge < -0.3 is 15.1 Å². The third kappa shape index (κ3) is 3.59. The third-order valence-corrected chi connectivity index (χ3v) is 3.81. The Balaban J connectivity index is 2.05. The van der Waals surface area contributed by atoms with E-state index >= 15 is 0 Å². The molecule has 2 rings (SSSR count). The lowest BCUT2D eigenvalue weighted by atomic mass is 10.4. The minimum absolute atomic E-state index is 0.153. The summed E-state index contributed by atoms with van der Waals surface area (Å²) in [6.45, 7) is 4.84. The summed E-state index contributed by atoms with van der Waals surface area (Å²) in [7, 11) is 1.87. The third-order valence-electron chi connectivity index (χ3n) is 3.25. The van der Waals surface area contributed by atoms with Crippen molar-refractivity contribution in [3.8, 4) is 0 Å². The van der Waals surface area contributed by atoms with E-state index in [0.717, 1.165) is 42.8 Å². The predicted octanol–water partition coefficient (Wildman–Crippen LogP) is 1.73. The van der Waals surface area contributed by atoms with E-state index in [1.54, 1.807) is 6.20 Å². The Morgan fingerprint density at radius 2 is 2.20 bits per heavy atom. The quantitative estimate of drug-likeness (QED) is 0.883. The van der Waals surface area contributed by atoms with Crippen molar-refractivity contribution >= 4 is 33.6 Å². The molecule has 0 unspecified atom stereocenters. The van der Waals surface area contributed by atoms with Gasteiger partial charge in [0.15, 0.2) is 0 Å². The Hall–Kier alpha value is -1.37. The molecule has 1 saturated heterocycles. The SMILES string of the molecule is CCNc1ncc(Br)c(N(C)CC(=O)N2CCCC2)n1. The monoisotopic (exact) mass is 341 g/mol. The summed E-state index contributed by atoms with van der Waals surface area (Å²) in [4.78, 5) is 24.5. The van der Waals surface area contributed by atoms with Crippen LogP contribution < -0.4 is 10.2 Å². The number of likely N-dealkylation sites (N-methyl/N-ethyl adjacent to an activating group) is 1. The Morgan fingerprint density at radius 1 is 1.50 bits per heavy atom. The second kappa shape index (κ2) is 6.88. The number of hydrogen-bond acceptors (Lipinski definition) is 5. The molecule has 1 aromatic heterocycles. The lowest BCUT2D eigenvalue weighted by molar-refractivity contribution is -0.128. The van der Waals surface area contributed by atoms with Crippen LogP contribution in [0.2, 0.25) is 0 Å². The van der Waals surface area contributed by atoms with Crippen LogP contribution in [0.1, 0.15) is 19.8 Å². The average molecular weight is 342 g/mol. The van der Waals surface area contributed by atoms with E-state index in [0.29, 0.717) is 12.5 Å². The largest absolute Gasteiger partial charge is 0.354 e. The van der Waals surface area contributed by atoms with Crippen molar-refractivity contribution in [2.75, 3.05) is 43.4 Å². The van der Waals surface area contributed by atoms with Gasteiger partial charge in [0.25, 0.3) is 0 Å². The van der Waals surface area contributed by atoms with Gasteiger partial charge in [0.05, 0.1) is 11.0 Å². The van der Waals surface area contributed by atoms with Gasteiger partial charge in [0, 0.05) is 32.9 Å². The fraction of sp³-hybridized carbons (Fsp3) is 0.615. The highest BCUT2D eigenvalue weighted by molar-refractivity contribution is 9.10. The van der Waals surface area contributed by atoms with Crippen LogP contribution in [0.4, 0.5) is 11.8 Å². The van der Waals surface area contributed by atoms with Crippen molar-refractivity contribution in [2.24, 2.45) is 0 Å². The van der Waals surface area contributed by atoms with Gasteiger partial charge >= 0.3 is 0 Å². The summed E-state index contributed by atoms with van der Waals surface area (Å²) in [5.41, 5.74) is 0. The maximum Gasteiger partial charge on any atom is 0.242 e. The first kappa shape index (κ1) is 15.0. The highest BCUT2D eigenvalue weighted by Crippen LogP contribution is 2.23. The summed E-state index contributed by atoms with van der Waals surface area (Å²) in [6, 6.07) is 0. The second-order valence-electron chi connectivity index (χ2n) is 4.84. The zero-order valence-electron chi connectivity index (χ0n) is 11.9. The van der Waals surface area contributed by atoms with Crippen LogP contribution in [0.5, 0.6) is 0 Å². The number of aromatic nitrogens is 2. The number of amides is 1. The molecule has 1 fully saturated rings. The molecule has 0 bridgehead atoms. The lowest BCUT2D eigenvalue weighted by Crippen LogP contribution is -2.37. The van der Waals surface area contributed by atoms with Crippen molar-refractivity contribution < 1.29 is 4.79 Å². The molecule has 20 heavy (non-hydrogen) atoms. The number of halogens is 1. The first-order chi connectivity index (χ1) is 9.61. The molecule has 110 valence electrons. The standard InChI is InChI=1S/C13H20BrN5O/c1-3-15-13-16-8-10(14)12(17-13)18(2)9-11(20)19-6-4-5-7-19/h8H,3-7,9H2,1-2H3,(H,15,16,17). The van der Waals surface area contributed by atoms with Crippen LogP contribution in [0, 0.1) is 0 Å². The van der Waals surface area contributed by atoms with Crippen LogP contribution in [0.15, 0.2) is 10.7 Å². The normalized spacial score (nSPS) is 14.4. The van der Waals surface area contributed by atoms with Gasteiger partial charge in [0.1, 0.15) is 5.82 Å². The Kier molecular flexibility index (Phi) is 5.17. The number of likely N-dealkylation sites (tertiary alicyclic amines) is 1. The molecule has 2 heterocycles. The lowest BCUT2D eigenvalue weighted by Gasteiger charge is -2.23. The van der Waals surface area contributed by atoms with Crippen LogP contribution in [0.3, 0.4) is 0 Å². The van der Waals surface area contributed by atoms with Crippen molar-refractivity contribution in [1.29, 1.82) is 0 Å². The Morgan fingerprint density at radius 3 is 2.85 bits per heavy atom. The Labute approximate surface area is 127 Å². The first-order valence-corrected chi connectivity index (χ1v) is 7.66. The number of rotatable bonds is 5. The zero-order chi connectivity index (χ0) is 14.5. The van der Waals surface area contributed by atoms with Crippen LogP contribution >= 0.6 is 15.9 Å². The topological polar surface area (TPSA) is 61.4 Å². The molecule has 6 nitrogen and oxygen atoms in total. The van der Waals surface area contributed by atoms with E-state index in [1.165, 1.54) is 0 Å². The van der Waals surface area contributed by atoms with E-state index in [2.05, 4.69) is 31.2 Å². The molecule has 0 aromatic carbocycles. The van der Waals surface area contributed by atoms with Gasteiger partial charge in [-0.2, -0.15) is 4.98 Å². The molecule has 0 radical (unpaired) electrons. The number of carbonyl (C=O) groups is 1. The predicted molar refractivity (Wildman–Crippen MR) is 83.0 cm³/mol. The molecular weight excluding hydrogens is 322 g/mol. The van der Waals surface area contributed by atoms with E-state index in [-0.39, 0.29) is 5.91 Å². The van der Waals surface area contributed by atoms with Crippen molar-refractivity contribution in [2.45, 2.75) is 19.8 Å². The molecule has 0 saturated carbocycles. The van der Waals surface area contributed by atoms with Crippen LogP contribution in [-0.4, -0.2) is 54.0 Å². The van der Waals surface area contributed by atoms with Gasteiger partial charge in [-0.15, -0.1) is 0 Å². The first-order valence-electron chi connectivity index (χ1n) is 6.87. The van der Waals surface area contributed by atoms with Crippen molar-refractivity contribution in [3.05, 3.63) is 10.7 Å². The van der Waals surface area contributed by atoms with Crippen molar-refractivity contribution in [3.63, 3.8) is 0 Å². The van der Waals surface area contributed by atoms with Crippen LogP contribution in [-0.2, 0) is 4.79 Å². The van der Waals surface area contributed by atoms with Crippen molar-refractivity contribution in [1.82, 2.24) is 14.9 Å². The van der Waals surface area contributed by atoms with Gasteiger partial charge in [0.2, 0.25) is 11.9 Å². The summed E-state index contributed by atoms with van der Waals surface area (Å²) < 4.78 is 0.788. The molecule has 1 N–H and O–H groups in total. The number of nitrogens with zero attached hydrogens (tertiary/aromatic N) is 4. The molecular formula is C13H20BrN5O. The van der Waals surface area contributed by atoms with E-state index < -0.39 is 0 Å². The number of anilines is 2. The number of carbonyl (C=O) groups excluding carboxylic acids is 1. The number of hydrogen-bond donors (Lipinski definition) is 1. The molecule has 0 spiro atoms. The zero-order valence-corrected chi connectivity index (χ0v) is 13.5. The summed E-state index contributed by atoms with van der Waals surface area (Å²) >= 11 is 3.44. The van der Waals surface area contributed by atoms with E-state index in [1.807, 2.05) is 23.8 Å². The van der Waals surface area contributed by atoms with E-state index in [4.69, 9.17) is 0 Å². The maximum absolute atomic E-state index is 12.2. The molecule has 0 atom stereocenters. The molecule has 7 heteroatoms. The molecule has 1 amide bonds. The fourth-order valence-corrected chi connectivity index (χ4v) is 2.71. The highest BCUT2D eigenvalue weighted by atomic mass is 79.9. The van der Waals surface area contributed by atoms with Gasteiger partial charge in [-0.25, -0.2) is 4.98 Å². The molecule has 1 aromatic rings. The molecule has 1 aliphatic rings. The van der Waals surface area contributed by atoms with Gasteiger partial charge in [-0.3, -0.25) is 4.79 Å². The smallest absolute Gasteiger partial charge is 0.242 e. The minimum Gasteiger partial charge on any atom is -0.354 e.